The highest BCUT2D eigenvalue weighted by molar-refractivity contribution is 7.90. The summed E-state index contributed by atoms with van der Waals surface area (Å²) in [4.78, 5) is 29.0. The molecule has 0 radical (unpaired) electrons. The first-order valence-electron chi connectivity index (χ1n) is 11.2. The fraction of sp³-hybridized carbons (Fsp3) is 0.292. The van der Waals surface area contributed by atoms with E-state index in [0.717, 1.165) is 30.2 Å². The highest BCUT2D eigenvalue weighted by Crippen LogP contribution is 2.16. The van der Waals surface area contributed by atoms with Gasteiger partial charge in [-0.15, -0.1) is 0 Å². The first kappa shape index (κ1) is 23.7. The molecule has 1 fully saturated rings. The van der Waals surface area contributed by atoms with Crippen LogP contribution in [0.5, 0.6) is 0 Å². The predicted octanol–water partition coefficient (Wildman–Crippen LogP) is 2.60. The van der Waals surface area contributed by atoms with Gasteiger partial charge < -0.3 is 5.32 Å². The molecule has 0 aliphatic carbocycles. The number of rotatable bonds is 7. The number of fused-ring (bicyclic) bond motifs is 1. The van der Waals surface area contributed by atoms with Gasteiger partial charge in [0.2, 0.25) is 0 Å². The first-order valence-corrected chi connectivity index (χ1v) is 12.7. The van der Waals surface area contributed by atoms with Gasteiger partial charge in [0.15, 0.2) is 0 Å². The maximum atomic E-state index is 12.6. The zero-order valence-electron chi connectivity index (χ0n) is 18.7. The van der Waals surface area contributed by atoms with Crippen molar-refractivity contribution in [3.63, 3.8) is 0 Å². The lowest BCUT2D eigenvalue weighted by atomic mass is 10.1. The topological polar surface area (TPSA) is 121 Å². The van der Waals surface area contributed by atoms with Gasteiger partial charge in [0.1, 0.15) is 0 Å². The van der Waals surface area contributed by atoms with Crippen LogP contribution in [0, 0.1) is 0 Å². The third-order valence-corrected chi connectivity index (χ3v) is 7.00. The van der Waals surface area contributed by atoms with E-state index in [0.29, 0.717) is 37.1 Å². The Morgan fingerprint density at radius 1 is 0.941 bits per heavy atom. The number of urea groups is 1. The predicted molar refractivity (Wildman–Crippen MR) is 128 cm³/mol. The number of benzene rings is 2. The van der Waals surface area contributed by atoms with E-state index in [1.54, 1.807) is 29.4 Å². The fourth-order valence-corrected chi connectivity index (χ4v) is 4.79. The van der Waals surface area contributed by atoms with E-state index in [2.05, 4.69) is 15.7 Å². The summed E-state index contributed by atoms with van der Waals surface area (Å²) in [6.45, 7) is 1.79. The molecule has 0 unspecified atom stereocenters. The number of piperidine rings is 1. The Morgan fingerprint density at radius 3 is 2.44 bits per heavy atom. The smallest absolute Gasteiger partial charge is 0.343 e. The zero-order chi connectivity index (χ0) is 24.0. The van der Waals surface area contributed by atoms with Crippen LogP contribution in [0.15, 0.2) is 65.7 Å². The second kappa shape index (κ2) is 10.6. The summed E-state index contributed by atoms with van der Waals surface area (Å²) < 4.78 is 27.1. The van der Waals surface area contributed by atoms with E-state index in [1.807, 2.05) is 29.0 Å². The average Bonchev–Trinajstić information content (AvgIpc) is 2.84. The third-order valence-electron chi connectivity index (χ3n) is 5.65. The minimum Gasteiger partial charge on any atom is -0.352 e. The average molecular weight is 482 g/mol. The van der Waals surface area contributed by atoms with Crippen LogP contribution in [0.4, 0.5) is 4.79 Å². The zero-order valence-corrected chi connectivity index (χ0v) is 19.5. The van der Waals surface area contributed by atoms with E-state index in [1.165, 1.54) is 12.1 Å². The standard InChI is InChI=1S/C24H27N5O4S/c30-23(21-8-4-6-19-7-5-14-25-22(19)21)26-15-13-18-9-11-20(12-10-18)34(32,33)28-24(31)27-29-16-2-1-3-17-29/h4-12,14H,1-3,13,15-17H2,(H,26,30)(H2,27,28,31). The number of carbonyl (C=O) groups excluding carboxylic acids is 2. The number of sulfonamides is 1. The third kappa shape index (κ3) is 5.89. The van der Waals surface area contributed by atoms with Crippen molar-refractivity contribution >= 4 is 32.9 Å². The summed E-state index contributed by atoms with van der Waals surface area (Å²) >= 11 is 0. The Balaban J connectivity index is 1.30. The lowest BCUT2D eigenvalue weighted by Crippen LogP contribution is -2.50. The van der Waals surface area contributed by atoms with Gasteiger partial charge in [-0.1, -0.05) is 36.8 Å². The second-order valence-corrected chi connectivity index (χ2v) is 9.81. The summed E-state index contributed by atoms with van der Waals surface area (Å²) in [5.41, 5.74) is 4.59. The van der Waals surface area contributed by atoms with Gasteiger partial charge in [0.25, 0.3) is 15.9 Å². The molecule has 0 bridgehead atoms. The quantitative estimate of drug-likeness (QED) is 0.477. The van der Waals surface area contributed by atoms with Crippen molar-refractivity contribution in [2.75, 3.05) is 19.6 Å². The molecule has 1 aromatic heterocycles. The molecule has 0 atom stereocenters. The van der Waals surface area contributed by atoms with Gasteiger partial charge in [-0.2, -0.15) is 0 Å². The summed E-state index contributed by atoms with van der Waals surface area (Å²) in [5.74, 6) is -0.215. The number of amides is 3. The van der Waals surface area contributed by atoms with Crippen molar-refractivity contribution in [2.24, 2.45) is 0 Å². The Bertz CT molecular complexity index is 1270. The van der Waals surface area contributed by atoms with Gasteiger partial charge >= 0.3 is 6.03 Å². The molecule has 9 nitrogen and oxygen atoms in total. The molecule has 0 saturated carbocycles. The van der Waals surface area contributed by atoms with Crippen LogP contribution in [0.1, 0.15) is 35.2 Å². The van der Waals surface area contributed by atoms with E-state index in [-0.39, 0.29) is 10.8 Å². The molecule has 3 N–H and O–H groups in total. The van der Waals surface area contributed by atoms with E-state index in [9.17, 15) is 18.0 Å². The Labute approximate surface area is 198 Å². The second-order valence-electron chi connectivity index (χ2n) is 8.12. The number of carbonyl (C=O) groups is 2. The van der Waals surface area contributed by atoms with E-state index in [4.69, 9.17) is 0 Å². The molecule has 10 heteroatoms. The van der Waals surface area contributed by atoms with E-state index >= 15 is 0 Å². The number of aromatic nitrogens is 1. The largest absolute Gasteiger partial charge is 0.352 e. The van der Waals surface area contributed by atoms with Crippen molar-refractivity contribution in [1.29, 1.82) is 0 Å². The maximum absolute atomic E-state index is 12.6. The van der Waals surface area contributed by atoms with Crippen LogP contribution < -0.4 is 15.5 Å². The summed E-state index contributed by atoms with van der Waals surface area (Å²) in [6, 6.07) is 14.6. The van der Waals surface area contributed by atoms with Crippen LogP contribution in [-0.2, 0) is 16.4 Å². The summed E-state index contributed by atoms with van der Waals surface area (Å²) in [6.07, 6.45) is 5.21. The fourth-order valence-electron chi connectivity index (χ4n) is 3.89. The van der Waals surface area contributed by atoms with Crippen LogP contribution in [0.3, 0.4) is 0 Å². The van der Waals surface area contributed by atoms with Crippen molar-refractivity contribution in [1.82, 2.24) is 25.5 Å². The molecule has 1 aliphatic heterocycles. The maximum Gasteiger partial charge on any atom is 0.343 e. The molecule has 0 spiro atoms. The molecular weight excluding hydrogens is 454 g/mol. The number of hydrazine groups is 1. The Hall–Kier alpha value is -3.50. The van der Waals surface area contributed by atoms with Crippen molar-refractivity contribution in [3.05, 3.63) is 71.9 Å². The van der Waals surface area contributed by atoms with Gasteiger partial charge in [-0.25, -0.2) is 22.9 Å². The number of nitrogens with one attached hydrogen (secondary N) is 3. The highest BCUT2D eigenvalue weighted by Gasteiger charge is 2.20. The molecule has 2 heterocycles. The molecule has 178 valence electrons. The highest BCUT2D eigenvalue weighted by atomic mass is 32.2. The van der Waals surface area contributed by atoms with Crippen molar-refractivity contribution < 1.29 is 18.0 Å². The molecule has 3 aromatic rings. The number of nitrogens with zero attached hydrogens (tertiary/aromatic N) is 2. The number of hydrogen-bond acceptors (Lipinski definition) is 6. The monoisotopic (exact) mass is 481 g/mol. The van der Waals surface area contributed by atoms with Crippen LogP contribution >= 0.6 is 0 Å². The molecule has 2 aromatic carbocycles. The lowest BCUT2D eigenvalue weighted by Gasteiger charge is -2.26. The van der Waals surface area contributed by atoms with E-state index < -0.39 is 16.1 Å². The minimum absolute atomic E-state index is 0.00379. The van der Waals surface area contributed by atoms with Gasteiger partial charge in [-0.3, -0.25) is 15.2 Å². The Morgan fingerprint density at radius 2 is 1.68 bits per heavy atom. The number of pyridine rings is 1. The van der Waals surface area contributed by atoms with Crippen molar-refractivity contribution in [3.8, 4) is 0 Å². The van der Waals surface area contributed by atoms with Gasteiger partial charge in [0, 0.05) is 31.2 Å². The van der Waals surface area contributed by atoms with Crippen molar-refractivity contribution in [2.45, 2.75) is 30.6 Å². The van der Waals surface area contributed by atoms with Gasteiger partial charge in [0.05, 0.1) is 16.0 Å². The Kier molecular flexibility index (Phi) is 7.39. The van der Waals surface area contributed by atoms with Gasteiger partial charge in [-0.05, 0) is 49.1 Å². The number of para-hydroxylation sites is 1. The molecule has 3 amide bonds. The summed E-state index contributed by atoms with van der Waals surface area (Å²) in [7, 11) is -3.98. The first-order chi connectivity index (χ1) is 16.4. The molecule has 1 saturated heterocycles. The molecule has 4 rings (SSSR count). The van der Waals surface area contributed by atoms with Crippen LogP contribution in [0.25, 0.3) is 10.9 Å². The molecule has 34 heavy (non-hydrogen) atoms. The number of hydrogen-bond donors (Lipinski definition) is 3. The molecule has 1 aliphatic rings. The summed E-state index contributed by atoms with van der Waals surface area (Å²) in [5, 5.41) is 5.50. The minimum atomic E-state index is -3.98. The SMILES string of the molecule is O=C(NN1CCCCC1)NS(=O)(=O)c1ccc(CCNC(=O)c2cccc3cccnc23)cc1. The molecular formula is C24H27N5O4S. The van der Waals surface area contributed by atoms with Crippen LogP contribution in [-0.4, -0.2) is 50.0 Å². The normalized spacial score (nSPS) is 14.5. The van der Waals surface area contributed by atoms with Crippen LogP contribution in [0.2, 0.25) is 0 Å². The lowest BCUT2D eigenvalue weighted by molar-refractivity contribution is 0.0955.